The van der Waals surface area contributed by atoms with Gasteiger partial charge in [-0.2, -0.15) is 5.10 Å². The van der Waals surface area contributed by atoms with Gasteiger partial charge in [-0.15, -0.1) is 0 Å². The molecule has 0 aliphatic carbocycles. The average molecular weight is 409 g/mol. The molecular weight excluding hydrogens is 386 g/mol. The molecule has 0 saturated carbocycles. The Morgan fingerprint density at radius 3 is 2.10 bits per heavy atom. The zero-order valence-electron chi connectivity index (χ0n) is 17.7. The summed E-state index contributed by atoms with van der Waals surface area (Å²) in [5.41, 5.74) is 5.04. The monoisotopic (exact) mass is 409 g/mol. The van der Waals surface area contributed by atoms with Gasteiger partial charge in [0.15, 0.2) is 0 Å². The van der Waals surface area contributed by atoms with E-state index in [0.717, 1.165) is 22.3 Å². The first-order chi connectivity index (χ1) is 15.0. The van der Waals surface area contributed by atoms with Crippen LogP contribution in [-0.4, -0.2) is 15.7 Å². The second-order valence-corrected chi connectivity index (χ2v) is 7.46. The molecule has 1 amide bonds. The van der Waals surface area contributed by atoms with Crippen molar-refractivity contribution in [2.45, 2.75) is 13.8 Å². The van der Waals surface area contributed by atoms with Crippen LogP contribution in [0.25, 0.3) is 22.4 Å². The first kappa shape index (κ1) is 20.3. The first-order valence-corrected chi connectivity index (χ1v) is 10.1. The van der Waals surface area contributed by atoms with Crippen LogP contribution in [0.15, 0.2) is 83.7 Å². The van der Waals surface area contributed by atoms with Gasteiger partial charge in [-0.25, -0.2) is 4.68 Å². The highest BCUT2D eigenvalue weighted by Crippen LogP contribution is 2.32. The van der Waals surface area contributed by atoms with Crippen molar-refractivity contribution < 1.29 is 4.79 Å². The molecule has 0 fully saturated rings. The number of carbonyl (C=O) groups is 1. The van der Waals surface area contributed by atoms with E-state index in [1.807, 2.05) is 92.7 Å². The topological polar surface area (TPSA) is 64.0 Å². The second-order valence-electron chi connectivity index (χ2n) is 7.46. The third kappa shape index (κ3) is 3.90. The van der Waals surface area contributed by atoms with Gasteiger partial charge in [0.25, 0.3) is 11.5 Å². The fraction of sp³-hybridized carbons (Fsp3) is 0.115. The molecule has 0 saturated heterocycles. The molecule has 3 aromatic carbocycles. The Kier molecular flexibility index (Phi) is 5.50. The van der Waals surface area contributed by atoms with E-state index in [-0.39, 0.29) is 5.56 Å². The van der Waals surface area contributed by atoms with Gasteiger partial charge < -0.3 is 5.32 Å². The van der Waals surface area contributed by atoms with Crippen molar-refractivity contribution in [1.29, 1.82) is 0 Å². The van der Waals surface area contributed by atoms with Crippen LogP contribution < -0.4 is 10.9 Å². The lowest BCUT2D eigenvalue weighted by atomic mass is 9.95. The van der Waals surface area contributed by atoms with Crippen LogP contribution >= 0.6 is 0 Å². The molecule has 0 aliphatic rings. The van der Waals surface area contributed by atoms with Crippen molar-refractivity contribution in [1.82, 2.24) is 9.78 Å². The van der Waals surface area contributed by atoms with Gasteiger partial charge in [0.05, 0.1) is 5.69 Å². The van der Waals surface area contributed by atoms with E-state index in [0.29, 0.717) is 16.9 Å². The largest absolute Gasteiger partial charge is 0.322 e. The van der Waals surface area contributed by atoms with E-state index in [1.165, 1.54) is 4.68 Å². The van der Waals surface area contributed by atoms with Gasteiger partial charge in [0, 0.05) is 23.9 Å². The zero-order chi connectivity index (χ0) is 22.0. The third-order valence-electron chi connectivity index (χ3n) is 5.43. The Balaban J connectivity index is 1.97. The molecule has 1 heterocycles. The van der Waals surface area contributed by atoms with Crippen LogP contribution in [0, 0.1) is 13.8 Å². The lowest BCUT2D eigenvalue weighted by Crippen LogP contribution is -2.31. The normalized spacial score (nSPS) is 10.7. The van der Waals surface area contributed by atoms with Crippen molar-refractivity contribution in [2.24, 2.45) is 7.05 Å². The molecule has 4 rings (SSSR count). The van der Waals surface area contributed by atoms with Gasteiger partial charge in [0.2, 0.25) is 0 Å². The van der Waals surface area contributed by atoms with Crippen molar-refractivity contribution in [3.8, 4) is 22.4 Å². The summed E-state index contributed by atoms with van der Waals surface area (Å²) in [6, 6.07) is 24.7. The van der Waals surface area contributed by atoms with Crippen molar-refractivity contribution >= 4 is 11.6 Å². The van der Waals surface area contributed by atoms with Gasteiger partial charge in [-0.1, -0.05) is 72.8 Å². The first-order valence-electron chi connectivity index (χ1n) is 10.1. The highest BCUT2D eigenvalue weighted by Gasteiger charge is 2.24. The van der Waals surface area contributed by atoms with Gasteiger partial charge in [-0.05, 0) is 36.6 Å². The van der Waals surface area contributed by atoms with Gasteiger partial charge in [0.1, 0.15) is 5.56 Å². The number of aryl methyl sites for hydroxylation is 2. The number of anilines is 1. The zero-order valence-corrected chi connectivity index (χ0v) is 17.7. The molecule has 0 spiro atoms. The molecule has 4 aromatic rings. The molecule has 5 nitrogen and oxygen atoms in total. The summed E-state index contributed by atoms with van der Waals surface area (Å²) < 4.78 is 1.23. The molecule has 154 valence electrons. The number of hydrogen-bond donors (Lipinski definition) is 1. The maximum absolute atomic E-state index is 13.5. The molecule has 1 aromatic heterocycles. The summed E-state index contributed by atoms with van der Waals surface area (Å²) in [6.07, 6.45) is 0. The molecular formula is C26H23N3O2. The summed E-state index contributed by atoms with van der Waals surface area (Å²) in [5.74, 6) is -0.451. The summed E-state index contributed by atoms with van der Waals surface area (Å²) in [7, 11) is 1.57. The Hall–Kier alpha value is -3.99. The number of hydrogen-bond acceptors (Lipinski definition) is 3. The van der Waals surface area contributed by atoms with Crippen molar-refractivity contribution in [3.05, 3.63) is 106 Å². The minimum Gasteiger partial charge on any atom is -0.322 e. The maximum atomic E-state index is 13.5. The van der Waals surface area contributed by atoms with Crippen LogP contribution in [-0.2, 0) is 7.05 Å². The minimum absolute atomic E-state index is 0.0726. The van der Waals surface area contributed by atoms with E-state index in [4.69, 9.17) is 0 Å². The average Bonchev–Trinajstić information content (AvgIpc) is 2.79. The fourth-order valence-corrected chi connectivity index (χ4v) is 3.60. The van der Waals surface area contributed by atoms with E-state index >= 15 is 0 Å². The molecule has 0 radical (unpaired) electrons. The summed E-state index contributed by atoms with van der Waals surface area (Å²) in [4.78, 5) is 26.6. The number of amides is 1. The fourth-order valence-electron chi connectivity index (χ4n) is 3.60. The maximum Gasteiger partial charge on any atom is 0.280 e. The highest BCUT2D eigenvalue weighted by molar-refractivity contribution is 6.10. The van der Waals surface area contributed by atoms with Crippen LogP contribution in [0.4, 0.5) is 5.69 Å². The summed E-state index contributed by atoms with van der Waals surface area (Å²) in [6.45, 7) is 3.93. The molecule has 0 unspecified atom stereocenters. The third-order valence-corrected chi connectivity index (χ3v) is 5.43. The standard InChI is InChI=1S/C26H23N3O2/c1-17-11-10-16-21(18(17)2)27-25(30)23-22(19-12-6-4-7-13-19)24(28-29(3)26(23)31)20-14-8-5-9-15-20/h4-16H,1-3H3,(H,27,30). The molecule has 5 heteroatoms. The number of benzene rings is 3. The summed E-state index contributed by atoms with van der Waals surface area (Å²) in [5, 5.41) is 7.47. The molecule has 0 atom stereocenters. The second kappa shape index (κ2) is 8.40. The van der Waals surface area contributed by atoms with Crippen LogP contribution in [0.2, 0.25) is 0 Å². The van der Waals surface area contributed by atoms with E-state index < -0.39 is 11.5 Å². The quantitative estimate of drug-likeness (QED) is 0.517. The van der Waals surface area contributed by atoms with Gasteiger partial charge >= 0.3 is 0 Å². The molecule has 0 aliphatic heterocycles. The lowest BCUT2D eigenvalue weighted by molar-refractivity contribution is 0.102. The van der Waals surface area contributed by atoms with Crippen molar-refractivity contribution in [3.63, 3.8) is 0 Å². The smallest absolute Gasteiger partial charge is 0.280 e. The predicted molar refractivity (Wildman–Crippen MR) is 124 cm³/mol. The van der Waals surface area contributed by atoms with E-state index in [2.05, 4.69) is 10.4 Å². The number of rotatable bonds is 4. The van der Waals surface area contributed by atoms with E-state index in [9.17, 15) is 9.59 Å². The predicted octanol–water partition coefficient (Wildman–Crippen LogP) is 4.98. The van der Waals surface area contributed by atoms with Crippen molar-refractivity contribution in [2.75, 3.05) is 5.32 Å². The Bertz CT molecular complexity index is 1310. The molecule has 1 N–H and O–H groups in total. The lowest BCUT2D eigenvalue weighted by Gasteiger charge is -2.17. The highest BCUT2D eigenvalue weighted by atomic mass is 16.2. The van der Waals surface area contributed by atoms with E-state index in [1.54, 1.807) is 7.05 Å². The number of nitrogens with one attached hydrogen (secondary N) is 1. The number of aromatic nitrogens is 2. The van der Waals surface area contributed by atoms with Crippen LogP contribution in [0.1, 0.15) is 21.5 Å². The van der Waals surface area contributed by atoms with Crippen LogP contribution in [0.5, 0.6) is 0 Å². The number of carbonyl (C=O) groups excluding carboxylic acids is 1. The molecule has 0 bridgehead atoms. The Morgan fingerprint density at radius 2 is 1.45 bits per heavy atom. The molecule has 31 heavy (non-hydrogen) atoms. The Morgan fingerprint density at radius 1 is 0.839 bits per heavy atom. The van der Waals surface area contributed by atoms with Crippen LogP contribution in [0.3, 0.4) is 0 Å². The number of nitrogens with zero attached hydrogens (tertiary/aromatic N) is 2. The summed E-state index contributed by atoms with van der Waals surface area (Å²) >= 11 is 0. The SMILES string of the molecule is Cc1cccc(NC(=O)c2c(-c3ccccc3)c(-c3ccccc3)nn(C)c2=O)c1C. The Labute approximate surface area is 181 Å². The minimum atomic E-state index is -0.451. The van der Waals surface area contributed by atoms with Gasteiger partial charge in [-0.3, -0.25) is 9.59 Å².